The van der Waals surface area contributed by atoms with E-state index in [9.17, 15) is 15.2 Å². The standard InChI is InChI=1S/C13H9BrClNO4/c14-10-2-1-3-11(16(18)19)13(10)20-12-5-4-9(15)6-8(12)7-17/h1-6,17H,7H2. The highest BCUT2D eigenvalue weighted by molar-refractivity contribution is 9.10. The molecule has 2 aromatic rings. The van der Waals surface area contributed by atoms with Crippen LogP contribution in [-0.2, 0) is 6.61 Å². The van der Waals surface area contributed by atoms with Gasteiger partial charge in [0.15, 0.2) is 0 Å². The first-order chi connectivity index (χ1) is 9.52. The Kier molecular flexibility index (Phi) is 4.59. The van der Waals surface area contributed by atoms with E-state index in [2.05, 4.69) is 15.9 Å². The predicted octanol–water partition coefficient (Wildman–Crippen LogP) is 4.30. The lowest BCUT2D eigenvalue weighted by atomic mass is 10.2. The molecule has 0 atom stereocenters. The third-order valence-corrected chi connectivity index (χ3v) is 3.41. The van der Waals surface area contributed by atoms with Gasteiger partial charge < -0.3 is 9.84 Å². The minimum absolute atomic E-state index is 0.0783. The molecule has 0 spiro atoms. The van der Waals surface area contributed by atoms with Gasteiger partial charge in [0.05, 0.1) is 16.0 Å². The van der Waals surface area contributed by atoms with Crippen LogP contribution in [0.3, 0.4) is 0 Å². The Hall–Kier alpha value is -1.63. The summed E-state index contributed by atoms with van der Waals surface area (Å²) < 4.78 is 6.02. The van der Waals surface area contributed by atoms with Gasteiger partial charge in [0.2, 0.25) is 5.75 Å². The van der Waals surface area contributed by atoms with Crippen molar-refractivity contribution in [2.24, 2.45) is 0 Å². The van der Waals surface area contributed by atoms with Gasteiger partial charge in [-0.1, -0.05) is 17.7 Å². The van der Waals surface area contributed by atoms with Crippen molar-refractivity contribution in [1.29, 1.82) is 0 Å². The third-order valence-electron chi connectivity index (χ3n) is 2.55. The molecule has 0 saturated carbocycles. The molecule has 104 valence electrons. The van der Waals surface area contributed by atoms with Crippen LogP contribution in [0, 0.1) is 10.1 Å². The number of rotatable bonds is 4. The number of benzene rings is 2. The predicted molar refractivity (Wildman–Crippen MR) is 78.2 cm³/mol. The normalized spacial score (nSPS) is 10.3. The van der Waals surface area contributed by atoms with Crippen LogP contribution in [0.5, 0.6) is 11.5 Å². The van der Waals surface area contributed by atoms with Gasteiger partial charge in [-0.15, -0.1) is 0 Å². The minimum Gasteiger partial charge on any atom is -0.449 e. The SMILES string of the molecule is O=[N+]([O-])c1cccc(Br)c1Oc1ccc(Cl)cc1CO. The molecule has 0 amide bonds. The number of aliphatic hydroxyl groups excluding tert-OH is 1. The lowest BCUT2D eigenvalue weighted by Crippen LogP contribution is -1.97. The van der Waals surface area contributed by atoms with Crippen LogP contribution < -0.4 is 4.74 Å². The van der Waals surface area contributed by atoms with Crippen LogP contribution in [0.2, 0.25) is 5.02 Å². The lowest BCUT2D eigenvalue weighted by molar-refractivity contribution is -0.385. The average molecular weight is 359 g/mol. The molecule has 2 rings (SSSR count). The number of hydrogen-bond donors (Lipinski definition) is 1. The van der Waals surface area contributed by atoms with Crippen molar-refractivity contribution in [2.45, 2.75) is 6.61 Å². The van der Waals surface area contributed by atoms with E-state index >= 15 is 0 Å². The van der Waals surface area contributed by atoms with Gasteiger partial charge in [-0.25, -0.2) is 0 Å². The monoisotopic (exact) mass is 357 g/mol. The van der Waals surface area contributed by atoms with Crippen LogP contribution >= 0.6 is 27.5 Å². The van der Waals surface area contributed by atoms with Crippen molar-refractivity contribution in [3.05, 3.63) is 61.6 Å². The molecule has 0 fully saturated rings. The maximum Gasteiger partial charge on any atom is 0.312 e. The number of hydrogen-bond acceptors (Lipinski definition) is 4. The summed E-state index contributed by atoms with van der Waals surface area (Å²) in [5.41, 5.74) is 0.278. The van der Waals surface area contributed by atoms with Gasteiger partial charge >= 0.3 is 5.69 Å². The molecule has 2 aromatic carbocycles. The first-order valence-electron chi connectivity index (χ1n) is 5.53. The van der Waals surface area contributed by atoms with Gasteiger partial charge in [0.25, 0.3) is 0 Å². The largest absolute Gasteiger partial charge is 0.449 e. The molecule has 0 aliphatic rings. The molecule has 7 heteroatoms. The topological polar surface area (TPSA) is 72.6 Å². The van der Waals surface area contributed by atoms with E-state index in [1.54, 1.807) is 30.3 Å². The summed E-state index contributed by atoms with van der Waals surface area (Å²) in [5.74, 6) is 0.390. The number of nitro groups is 1. The molecule has 0 aliphatic heterocycles. The molecule has 1 N–H and O–H groups in total. The fourth-order valence-corrected chi connectivity index (χ4v) is 2.25. The molecule has 0 radical (unpaired) electrons. The molecule has 0 saturated heterocycles. The number of ether oxygens (including phenoxy) is 1. The highest BCUT2D eigenvalue weighted by atomic mass is 79.9. The first-order valence-corrected chi connectivity index (χ1v) is 6.70. The third kappa shape index (κ3) is 3.09. The summed E-state index contributed by atoms with van der Waals surface area (Å²) in [5, 5.41) is 20.7. The van der Waals surface area contributed by atoms with Crippen molar-refractivity contribution in [3.8, 4) is 11.5 Å². The van der Waals surface area contributed by atoms with E-state index in [1.165, 1.54) is 6.07 Å². The second-order valence-corrected chi connectivity index (χ2v) is 5.15. The van der Waals surface area contributed by atoms with Crippen molar-refractivity contribution < 1.29 is 14.8 Å². The number of nitro benzene ring substituents is 1. The molecule has 0 bridgehead atoms. The number of aliphatic hydroxyl groups is 1. The fourth-order valence-electron chi connectivity index (χ4n) is 1.62. The summed E-state index contributed by atoms with van der Waals surface area (Å²) >= 11 is 9.04. The zero-order valence-corrected chi connectivity index (χ0v) is 12.4. The second-order valence-electron chi connectivity index (χ2n) is 3.86. The summed E-state index contributed by atoms with van der Waals surface area (Å²) in [6.07, 6.45) is 0. The minimum atomic E-state index is -0.533. The van der Waals surface area contributed by atoms with Crippen molar-refractivity contribution in [1.82, 2.24) is 0 Å². The van der Waals surface area contributed by atoms with Crippen molar-refractivity contribution in [2.75, 3.05) is 0 Å². The van der Waals surface area contributed by atoms with Gasteiger partial charge in [0, 0.05) is 16.7 Å². The Morgan fingerprint density at radius 3 is 2.75 bits per heavy atom. The van der Waals surface area contributed by atoms with Crippen LogP contribution in [-0.4, -0.2) is 10.0 Å². The van der Waals surface area contributed by atoms with E-state index in [4.69, 9.17) is 16.3 Å². The van der Waals surface area contributed by atoms with E-state index in [1.807, 2.05) is 0 Å². The van der Waals surface area contributed by atoms with E-state index in [0.717, 1.165) is 0 Å². The summed E-state index contributed by atoms with van der Waals surface area (Å²) in [6.45, 7) is -0.284. The Labute approximate surface area is 128 Å². The smallest absolute Gasteiger partial charge is 0.312 e. The molecule has 0 unspecified atom stereocenters. The molecule has 0 aromatic heterocycles. The van der Waals surface area contributed by atoms with Crippen LogP contribution in [0.25, 0.3) is 0 Å². The number of nitrogens with zero attached hydrogens (tertiary/aromatic N) is 1. The quantitative estimate of drug-likeness (QED) is 0.653. The van der Waals surface area contributed by atoms with Gasteiger partial charge in [-0.2, -0.15) is 0 Å². The molecule has 0 heterocycles. The van der Waals surface area contributed by atoms with Gasteiger partial charge in [0.1, 0.15) is 5.75 Å². The number of halogens is 2. The highest BCUT2D eigenvalue weighted by Gasteiger charge is 2.19. The van der Waals surface area contributed by atoms with Crippen molar-refractivity contribution >= 4 is 33.2 Å². The summed E-state index contributed by atoms with van der Waals surface area (Å²) in [4.78, 5) is 10.5. The second kappa shape index (κ2) is 6.21. The molecule has 20 heavy (non-hydrogen) atoms. The lowest BCUT2D eigenvalue weighted by Gasteiger charge is -2.11. The zero-order valence-electron chi connectivity index (χ0n) is 10.0. The van der Waals surface area contributed by atoms with Crippen LogP contribution in [0.1, 0.15) is 5.56 Å². The van der Waals surface area contributed by atoms with E-state index in [-0.39, 0.29) is 18.0 Å². The molecular formula is C13H9BrClNO4. The Morgan fingerprint density at radius 1 is 1.35 bits per heavy atom. The molecule has 5 nitrogen and oxygen atoms in total. The zero-order chi connectivity index (χ0) is 14.7. The van der Waals surface area contributed by atoms with Crippen molar-refractivity contribution in [3.63, 3.8) is 0 Å². The first kappa shape index (κ1) is 14.8. The van der Waals surface area contributed by atoms with Gasteiger partial charge in [-0.05, 0) is 40.2 Å². The Morgan fingerprint density at radius 2 is 2.10 bits per heavy atom. The van der Waals surface area contributed by atoms with E-state index in [0.29, 0.717) is 20.8 Å². The Balaban J connectivity index is 2.47. The fraction of sp³-hybridized carbons (Fsp3) is 0.0769. The summed E-state index contributed by atoms with van der Waals surface area (Å²) in [6, 6.07) is 9.20. The van der Waals surface area contributed by atoms with Crippen LogP contribution in [0.4, 0.5) is 5.69 Å². The van der Waals surface area contributed by atoms with Gasteiger partial charge in [-0.3, -0.25) is 10.1 Å². The summed E-state index contributed by atoms with van der Waals surface area (Å²) in [7, 11) is 0. The average Bonchev–Trinajstić information content (AvgIpc) is 2.42. The number of para-hydroxylation sites is 1. The maximum atomic E-state index is 11.0. The van der Waals surface area contributed by atoms with Crippen LogP contribution in [0.15, 0.2) is 40.9 Å². The molecule has 0 aliphatic carbocycles. The highest BCUT2D eigenvalue weighted by Crippen LogP contribution is 2.39. The maximum absolute atomic E-state index is 11.0. The molecular weight excluding hydrogens is 350 g/mol. The Bertz CT molecular complexity index is 663. The van der Waals surface area contributed by atoms with E-state index < -0.39 is 4.92 Å².